The Bertz CT molecular complexity index is 489. The SMILES string of the molecule is Cc1ccc(CC(CBr)Cc2nc(C)cs2)cc1. The lowest BCUT2D eigenvalue weighted by Crippen LogP contribution is -2.09. The Morgan fingerprint density at radius 2 is 1.89 bits per heavy atom. The number of benzene rings is 1. The normalized spacial score (nSPS) is 12.6. The van der Waals surface area contributed by atoms with E-state index in [2.05, 4.69) is 64.4 Å². The van der Waals surface area contributed by atoms with Gasteiger partial charge in [0.15, 0.2) is 0 Å². The third kappa shape index (κ3) is 3.92. The van der Waals surface area contributed by atoms with Crippen LogP contribution < -0.4 is 0 Å². The van der Waals surface area contributed by atoms with E-state index in [1.54, 1.807) is 11.3 Å². The van der Waals surface area contributed by atoms with Crippen molar-refractivity contribution in [2.45, 2.75) is 26.7 Å². The van der Waals surface area contributed by atoms with Gasteiger partial charge >= 0.3 is 0 Å². The van der Waals surface area contributed by atoms with Gasteiger partial charge in [-0.3, -0.25) is 0 Å². The van der Waals surface area contributed by atoms with E-state index in [1.807, 2.05) is 0 Å². The molecule has 2 rings (SSSR count). The van der Waals surface area contributed by atoms with Crippen molar-refractivity contribution in [1.82, 2.24) is 4.98 Å². The summed E-state index contributed by atoms with van der Waals surface area (Å²) in [6.07, 6.45) is 2.18. The van der Waals surface area contributed by atoms with Gasteiger partial charge in [-0.05, 0) is 31.7 Å². The van der Waals surface area contributed by atoms with Crippen LogP contribution in [0.5, 0.6) is 0 Å². The molecule has 0 aliphatic heterocycles. The lowest BCUT2D eigenvalue weighted by molar-refractivity contribution is 0.589. The highest BCUT2D eigenvalue weighted by atomic mass is 79.9. The quantitative estimate of drug-likeness (QED) is 0.735. The average molecular weight is 324 g/mol. The molecule has 2 aromatic rings. The molecule has 1 atom stereocenters. The fraction of sp³-hybridized carbons (Fsp3) is 0.400. The van der Waals surface area contributed by atoms with E-state index in [4.69, 9.17) is 0 Å². The van der Waals surface area contributed by atoms with Crippen molar-refractivity contribution in [2.24, 2.45) is 5.92 Å². The third-order valence-corrected chi connectivity index (χ3v) is 4.90. The Morgan fingerprint density at radius 3 is 2.44 bits per heavy atom. The zero-order valence-electron chi connectivity index (χ0n) is 10.8. The van der Waals surface area contributed by atoms with Gasteiger partial charge in [0.25, 0.3) is 0 Å². The molecular formula is C15H18BrNS. The molecule has 3 heteroatoms. The molecule has 0 saturated carbocycles. The molecule has 0 saturated heterocycles. The summed E-state index contributed by atoms with van der Waals surface area (Å²) in [6.45, 7) is 4.19. The molecule has 1 unspecified atom stereocenters. The topological polar surface area (TPSA) is 12.9 Å². The van der Waals surface area contributed by atoms with Crippen LogP contribution in [-0.2, 0) is 12.8 Å². The van der Waals surface area contributed by atoms with E-state index in [9.17, 15) is 0 Å². The van der Waals surface area contributed by atoms with Crippen LogP contribution in [0.15, 0.2) is 29.6 Å². The summed E-state index contributed by atoms with van der Waals surface area (Å²) in [4.78, 5) is 4.55. The average Bonchev–Trinajstić information content (AvgIpc) is 2.77. The number of aromatic nitrogens is 1. The number of rotatable bonds is 5. The summed E-state index contributed by atoms with van der Waals surface area (Å²) in [5.41, 5.74) is 3.88. The van der Waals surface area contributed by atoms with Gasteiger partial charge in [0.05, 0.1) is 5.01 Å². The first-order chi connectivity index (χ1) is 8.67. The molecule has 0 radical (unpaired) electrons. The van der Waals surface area contributed by atoms with Crippen molar-refractivity contribution >= 4 is 27.3 Å². The Labute approximate surface area is 121 Å². The lowest BCUT2D eigenvalue weighted by Gasteiger charge is -2.12. The Balaban J connectivity index is 1.99. The standard InChI is InChI=1S/C15H18BrNS/c1-11-3-5-13(6-4-11)7-14(9-16)8-15-17-12(2)10-18-15/h3-6,10,14H,7-9H2,1-2H3. The van der Waals surface area contributed by atoms with E-state index < -0.39 is 0 Å². The smallest absolute Gasteiger partial charge is 0.0931 e. The Hall–Kier alpha value is -0.670. The molecule has 18 heavy (non-hydrogen) atoms. The molecule has 0 spiro atoms. The van der Waals surface area contributed by atoms with E-state index in [1.165, 1.54) is 16.1 Å². The molecule has 1 heterocycles. The van der Waals surface area contributed by atoms with Gasteiger partial charge in [-0.2, -0.15) is 0 Å². The number of hydrogen-bond acceptors (Lipinski definition) is 2. The molecular weight excluding hydrogens is 306 g/mol. The third-order valence-electron chi connectivity index (χ3n) is 2.99. The first kappa shape index (κ1) is 13.8. The first-order valence-corrected chi connectivity index (χ1v) is 8.20. The number of alkyl halides is 1. The highest BCUT2D eigenvalue weighted by Gasteiger charge is 2.11. The molecule has 96 valence electrons. The first-order valence-electron chi connectivity index (χ1n) is 6.20. The Morgan fingerprint density at radius 1 is 1.17 bits per heavy atom. The van der Waals surface area contributed by atoms with Crippen molar-refractivity contribution in [3.05, 3.63) is 51.5 Å². The van der Waals surface area contributed by atoms with Crippen LogP contribution in [0.3, 0.4) is 0 Å². The van der Waals surface area contributed by atoms with Crippen LogP contribution in [0.25, 0.3) is 0 Å². The molecule has 0 aliphatic rings. The fourth-order valence-electron chi connectivity index (χ4n) is 1.98. The largest absolute Gasteiger partial charge is 0.247 e. The second-order valence-corrected chi connectivity index (χ2v) is 6.39. The molecule has 1 aromatic carbocycles. The van der Waals surface area contributed by atoms with Crippen molar-refractivity contribution < 1.29 is 0 Å². The van der Waals surface area contributed by atoms with Crippen molar-refractivity contribution in [3.63, 3.8) is 0 Å². The van der Waals surface area contributed by atoms with Crippen molar-refractivity contribution in [1.29, 1.82) is 0 Å². The summed E-state index contributed by atoms with van der Waals surface area (Å²) in [7, 11) is 0. The van der Waals surface area contributed by atoms with E-state index in [0.717, 1.165) is 23.9 Å². The second kappa shape index (κ2) is 6.48. The molecule has 0 N–H and O–H groups in total. The van der Waals surface area contributed by atoms with Gasteiger partial charge in [-0.25, -0.2) is 4.98 Å². The second-order valence-electron chi connectivity index (χ2n) is 4.80. The zero-order chi connectivity index (χ0) is 13.0. The summed E-state index contributed by atoms with van der Waals surface area (Å²) < 4.78 is 0. The number of aryl methyl sites for hydroxylation is 2. The maximum Gasteiger partial charge on any atom is 0.0931 e. The zero-order valence-corrected chi connectivity index (χ0v) is 13.2. The highest BCUT2D eigenvalue weighted by Crippen LogP contribution is 2.19. The fourth-order valence-corrected chi connectivity index (χ4v) is 3.33. The maximum absolute atomic E-state index is 4.55. The van der Waals surface area contributed by atoms with Crippen molar-refractivity contribution in [2.75, 3.05) is 5.33 Å². The van der Waals surface area contributed by atoms with E-state index in [0.29, 0.717) is 5.92 Å². The lowest BCUT2D eigenvalue weighted by atomic mass is 9.98. The summed E-state index contributed by atoms with van der Waals surface area (Å²) >= 11 is 5.40. The number of nitrogens with zero attached hydrogens (tertiary/aromatic N) is 1. The number of thiazole rings is 1. The predicted octanol–water partition coefficient (Wildman–Crippen LogP) is 4.56. The van der Waals surface area contributed by atoms with Gasteiger partial charge in [0, 0.05) is 22.8 Å². The van der Waals surface area contributed by atoms with E-state index in [-0.39, 0.29) is 0 Å². The summed E-state index contributed by atoms with van der Waals surface area (Å²) in [5, 5.41) is 4.41. The van der Waals surface area contributed by atoms with Crippen LogP contribution in [0.2, 0.25) is 0 Å². The van der Waals surface area contributed by atoms with Gasteiger partial charge in [-0.1, -0.05) is 45.8 Å². The van der Waals surface area contributed by atoms with Crippen molar-refractivity contribution in [3.8, 4) is 0 Å². The Kier molecular flexibility index (Phi) is 4.95. The minimum Gasteiger partial charge on any atom is -0.247 e. The number of hydrogen-bond donors (Lipinski definition) is 0. The molecule has 0 fully saturated rings. The molecule has 0 amide bonds. The predicted molar refractivity (Wildman–Crippen MR) is 82.7 cm³/mol. The van der Waals surface area contributed by atoms with Crippen LogP contribution in [0.4, 0.5) is 0 Å². The minimum atomic E-state index is 0.623. The summed E-state index contributed by atoms with van der Waals surface area (Å²) in [6, 6.07) is 8.85. The van der Waals surface area contributed by atoms with Gasteiger partial charge in [0.1, 0.15) is 0 Å². The molecule has 1 nitrogen and oxygen atoms in total. The molecule has 0 aliphatic carbocycles. The number of halogens is 1. The van der Waals surface area contributed by atoms with E-state index >= 15 is 0 Å². The van der Waals surface area contributed by atoms with Crippen LogP contribution >= 0.6 is 27.3 Å². The monoisotopic (exact) mass is 323 g/mol. The van der Waals surface area contributed by atoms with Gasteiger partial charge in [-0.15, -0.1) is 11.3 Å². The van der Waals surface area contributed by atoms with Gasteiger partial charge < -0.3 is 0 Å². The summed E-state index contributed by atoms with van der Waals surface area (Å²) in [5.74, 6) is 0.623. The minimum absolute atomic E-state index is 0.623. The maximum atomic E-state index is 4.55. The van der Waals surface area contributed by atoms with Crippen LogP contribution in [-0.4, -0.2) is 10.3 Å². The van der Waals surface area contributed by atoms with Crippen LogP contribution in [0.1, 0.15) is 21.8 Å². The highest BCUT2D eigenvalue weighted by molar-refractivity contribution is 9.09. The molecule has 0 bridgehead atoms. The molecule has 1 aromatic heterocycles. The van der Waals surface area contributed by atoms with Crippen LogP contribution in [0, 0.1) is 19.8 Å². The van der Waals surface area contributed by atoms with Gasteiger partial charge in [0.2, 0.25) is 0 Å².